The summed E-state index contributed by atoms with van der Waals surface area (Å²) in [7, 11) is 0. The van der Waals surface area contributed by atoms with Crippen molar-refractivity contribution in [1.29, 1.82) is 0 Å². The van der Waals surface area contributed by atoms with E-state index in [1.165, 1.54) is 10.9 Å². The Morgan fingerprint density at radius 2 is 2.22 bits per heavy atom. The van der Waals surface area contributed by atoms with Crippen molar-refractivity contribution < 1.29 is 9.21 Å². The number of aryl methyl sites for hydroxylation is 1. The van der Waals surface area contributed by atoms with Crippen molar-refractivity contribution in [2.24, 2.45) is 5.92 Å². The number of benzene rings is 1. The van der Waals surface area contributed by atoms with Crippen LogP contribution in [-0.4, -0.2) is 29.9 Å². The molecule has 1 N–H and O–H groups in total. The molecule has 2 aromatic rings. The van der Waals surface area contributed by atoms with Gasteiger partial charge in [0.25, 0.3) is 0 Å². The molecule has 1 aromatic heterocycles. The highest BCUT2D eigenvalue weighted by Crippen LogP contribution is 2.23. The van der Waals surface area contributed by atoms with E-state index in [-0.39, 0.29) is 5.91 Å². The number of amides is 1. The number of carbonyl (C=O) groups is 1. The van der Waals surface area contributed by atoms with Crippen LogP contribution >= 0.6 is 0 Å². The molecule has 1 aromatic carbocycles. The van der Waals surface area contributed by atoms with E-state index < -0.39 is 0 Å². The lowest BCUT2D eigenvalue weighted by Gasteiger charge is -2.38. The Kier molecular flexibility index (Phi) is 4.71. The summed E-state index contributed by atoms with van der Waals surface area (Å²) in [4.78, 5) is 13.5. The Balaban J connectivity index is 1.63. The first-order valence-electron chi connectivity index (χ1n) is 8.54. The third kappa shape index (κ3) is 3.58. The number of hydrogen-bond acceptors (Lipinski definition) is 3. The average Bonchev–Trinajstić information content (AvgIpc) is 2.94. The number of carbonyl (C=O) groups excluding carboxylic acids is 1. The molecule has 124 valence electrons. The van der Waals surface area contributed by atoms with Gasteiger partial charge >= 0.3 is 0 Å². The molecule has 1 aliphatic heterocycles. The van der Waals surface area contributed by atoms with Gasteiger partial charge in [-0.2, -0.15) is 0 Å². The summed E-state index contributed by atoms with van der Waals surface area (Å²) in [5.41, 5.74) is 2.20. The van der Waals surface area contributed by atoms with Crippen LogP contribution in [0.1, 0.15) is 38.0 Å². The quantitative estimate of drug-likeness (QED) is 0.940. The van der Waals surface area contributed by atoms with Gasteiger partial charge in [0, 0.05) is 31.4 Å². The molecule has 1 amide bonds. The molecule has 4 heteroatoms. The van der Waals surface area contributed by atoms with Crippen LogP contribution in [0.3, 0.4) is 0 Å². The van der Waals surface area contributed by atoms with Crippen LogP contribution in [0.5, 0.6) is 0 Å². The minimum atomic E-state index is 0.189. The first-order chi connectivity index (χ1) is 11.1. The van der Waals surface area contributed by atoms with Crippen molar-refractivity contribution in [3.05, 3.63) is 35.6 Å². The fourth-order valence-corrected chi connectivity index (χ4v) is 3.54. The van der Waals surface area contributed by atoms with Gasteiger partial charge in [-0.15, -0.1) is 0 Å². The van der Waals surface area contributed by atoms with Crippen molar-refractivity contribution in [2.75, 3.05) is 13.1 Å². The van der Waals surface area contributed by atoms with E-state index in [4.69, 9.17) is 4.42 Å². The predicted molar refractivity (Wildman–Crippen MR) is 92.2 cm³/mol. The van der Waals surface area contributed by atoms with Crippen LogP contribution in [0.2, 0.25) is 0 Å². The van der Waals surface area contributed by atoms with Crippen LogP contribution in [0.4, 0.5) is 0 Å². The molecule has 0 spiro atoms. The minimum Gasteiger partial charge on any atom is -0.460 e. The number of piperidine rings is 1. The summed E-state index contributed by atoms with van der Waals surface area (Å²) < 4.78 is 5.92. The highest BCUT2D eigenvalue weighted by atomic mass is 16.3. The van der Waals surface area contributed by atoms with E-state index in [9.17, 15) is 4.79 Å². The second-order valence-corrected chi connectivity index (χ2v) is 6.66. The first kappa shape index (κ1) is 16.1. The fourth-order valence-electron chi connectivity index (χ4n) is 3.54. The van der Waals surface area contributed by atoms with Crippen molar-refractivity contribution in [3.63, 3.8) is 0 Å². The van der Waals surface area contributed by atoms with E-state index in [1.807, 2.05) is 11.0 Å². The molecule has 0 aliphatic carbocycles. The molecule has 0 saturated carbocycles. The van der Waals surface area contributed by atoms with Crippen molar-refractivity contribution in [1.82, 2.24) is 10.2 Å². The molecule has 1 saturated heterocycles. The summed E-state index contributed by atoms with van der Waals surface area (Å²) in [6, 6.07) is 8.84. The van der Waals surface area contributed by atoms with E-state index in [1.54, 1.807) is 6.92 Å². The molecule has 23 heavy (non-hydrogen) atoms. The van der Waals surface area contributed by atoms with Crippen LogP contribution in [0, 0.1) is 12.8 Å². The maximum absolute atomic E-state index is 11.6. The lowest BCUT2D eigenvalue weighted by molar-refractivity contribution is -0.131. The molecule has 2 heterocycles. The zero-order valence-electron chi connectivity index (χ0n) is 14.3. The third-order valence-corrected chi connectivity index (χ3v) is 4.96. The van der Waals surface area contributed by atoms with Gasteiger partial charge in [-0.3, -0.25) is 4.79 Å². The van der Waals surface area contributed by atoms with E-state index in [2.05, 4.69) is 37.4 Å². The number of likely N-dealkylation sites (tertiary alicyclic amines) is 1. The molecule has 0 bridgehead atoms. The van der Waals surface area contributed by atoms with E-state index in [0.29, 0.717) is 12.0 Å². The standard InChI is InChI=1S/C19H26N2O2/c1-4-15-12-21(14(3)22)8-7-18(15)20-11-17-10-16-9-13(2)5-6-19(16)23-17/h5-6,9-10,15,18,20H,4,7-8,11-12H2,1-3H3/t15-,18+/m0/s1. The number of furan rings is 1. The summed E-state index contributed by atoms with van der Waals surface area (Å²) in [6.45, 7) is 8.42. The molecule has 3 rings (SSSR count). The van der Waals surface area contributed by atoms with Crippen molar-refractivity contribution in [2.45, 2.75) is 46.2 Å². The summed E-state index contributed by atoms with van der Waals surface area (Å²) >= 11 is 0. The largest absolute Gasteiger partial charge is 0.460 e. The maximum atomic E-state index is 11.6. The average molecular weight is 314 g/mol. The Labute approximate surface area is 137 Å². The molecule has 0 unspecified atom stereocenters. The number of nitrogens with zero attached hydrogens (tertiary/aromatic N) is 1. The normalized spacial score (nSPS) is 21.8. The van der Waals surface area contributed by atoms with Gasteiger partial charge in [-0.05, 0) is 37.5 Å². The Bertz CT molecular complexity index is 692. The zero-order chi connectivity index (χ0) is 16.4. The lowest BCUT2D eigenvalue weighted by atomic mass is 9.90. The molecule has 4 nitrogen and oxygen atoms in total. The number of rotatable bonds is 4. The van der Waals surface area contributed by atoms with Crippen LogP contribution in [0.25, 0.3) is 11.0 Å². The smallest absolute Gasteiger partial charge is 0.219 e. The number of nitrogens with one attached hydrogen (secondary N) is 1. The monoisotopic (exact) mass is 314 g/mol. The summed E-state index contributed by atoms with van der Waals surface area (Å²) in [5.74, 6) is 1.68. The Morgan fingerprint density at radius 1 is 1.39 bits per heavy atom. The number of fused-ring (bicyclic) bond motifs is 1. The number of hydrogen-bond donors (Lipinski definition) is 1. The van der Waals surface area contributed by atoms with Gasteiger partial charge in [-0.1, -0.05) is 25.0 Å². The van der Waals surface area contributed by atoms with Crippen LogP contribution in [0.15, 0.2) is 28.7 Å². The van der Waals surface area contributed by atoms with Gasteiger partial charge in [0.1, 0.15) is 11.3 Å². The maximum Gasteiger partial charge on any atom is 0.219 e. The third-order valence-electron chi connectivity index (χ3n) is 4.96. The highest BCUT2D eigenvalue weighted by Gasteiger charge is 2.28. The van der Waals surface area contributed by atoms with Crippen LogP contribution < -0.4 is 5.32 Å². The first-order valence-corrected chi connectivity index (χ1v) is 8.54. The summed E-state index contributed by atoms with van der Waals surface area (Å²) in [6.07, 6.45) is 2.10. The van der Waals surface area contributed by atoms with Crippen molar-refractivity contribution in [3.8, 4) is 0 Å². The van der Waals surface area contributed by atoms with E-state index >= 15 is 0 Å². The topological polar surface area (TPSA) is 45.5 Å². The molecular formula is C19H26N2O2. The Morgan fingerprint density at radius 3 is 2.96 bits per heavy atom. The van der Waals surface area contributed by atoms with E-state index in [0.717, 1.165) is 43.8 Å². The second kappa shape index (κ2) is 6.75. The lowest BCUT2D eigenvalue weighted by Crippen LogP contribution is -2.50. The summed E-state index contributed by atoms with van der Waals surface area (Å²) in [5, 5.41) is 4.81. The SMILES string of the molecule is CC[C@H]1CN(C(C)=O)CC[C@H]1NCc1cc2cc(C)ccc2o1. The molecule has 2 atom stereocenters. The highest BCUT2D eigenvalue weighted by molar-refractivity contribution is 5.78. The van der Waals surface area contributed by atoms with Gasteiger partial charge < -0.3 is 14.6 Å². The van der Waals surface area contributed by atoms with Crippen molar-refractivity contribution >= 4 is 16.9 Å². The minimum absolute atomic E-state index is 0.189. The van der Waals surface area contributed by atoms with Gasteiger partial charge in [-0.25, -0.2) is 0 Å². The van der Waals surface area contributed by atoms with Gasteiger partial charge in [0.15, 0.2) is 0 Å². The second-order valence-electron chi connectivity index (χ2n) is 6.66. The Hall–Kier alpha value is -1.81. The van der Waals surface area contributed by atoms with Crippen LogP contribution in [-0.2, 0) is 11.3 Å². The zero-order valence-corrected chi connectivity index (χ0v) is 14.3. The predicted octanol–water partition coefficient (Wildman–Crippen LogP) is 3.48. The molecule has 0 radical (unpaired) electrons. The van der Waals surface area contributed by atoms with Gasteiger partial charge in [0.05, 0.1) is 6.54 Å². The molecule has 1 aliphatic rings. The fraction of sp³-hybridized carbons (Fsp3) is 0.526. The molecule has 1 fully saturated rings. The molecular weight excluding hydrogens is 288 g/mol. The van der Waals surface area contributed by atoms with Gasteiger partial charge in [0.2, 0.25) is 5.91 Å².